The molecule has 21 heavy (non-hydrogen) atoms. The van der Waals surface area contributed by atoms with Gasteiger partial charge in [-0.15, -0.1) is 13.2 Å². The van der Waals surface area contributed by atoms with Crippen LogP contribution in [0.2, 0.25) is 0 Å². The van der Waals surface area contributed by atoms with E-state index in [0.717, 1.165) is 6.07 Å². The lowest BCUT2D eigenvalue weighted by Crippen LogP contribution is -2.29. The van der Waals surface area contributed by atoms with Crippen LogP contribution >= 0.6 is 0 Å². The van der Waals surface area contributed by atoms with Crippen LogP contribution in [0.3, 0.4) is 0 Å². The van der Waals surface area contributed by atoms with Crippen molar-refractivity contribution in [2.75, 3.05) is 18.8 Å². The van der Waals surface area contributed by atoms with Crippen molar-refractivity contribution < 1.29 is 22.7 Å². The highest BCUT2D eigenvalue weighted by molar-refractivity contribution is 5.95. The van der Waals surface area contributed by atoms with Gasteiger partial charge in [0.05, 0.1) is 5.69 Å². The largest absolute Gasteiger partial charge is 0.573 e. The quantitative estimate of drug-likeness (QED) is 0.855. The van der Waals surface area contributed by atoms with Gasteiger partial charge in [-0.1, -0.05) is 13.8 Å². The van der Waals surface area contributed by atoms with Crippen LogP contribution < -0.4 is 10.5 Å². The molecule has 1 heterocycles. The smallest absolute Gasteiger partial charge is 0.404 e. The maximum atomic E-state index is 12.3. The fourth-order valence-electron chi connectivity index (χ4n) is 2.38. The summed E-state index contributed by atoms with van der Waals surface area (Å²) in [6.07, 6.45) is -4.81. The van der Waals surface area contributed by atoms with Crippen LogP contribution in [0.4, 0.5) is 18.9 Å². The van der Waals surface area contributed by atoms with Gasteiger partial charge in [-0.05, 0) is 30.0 Å². The Kier molecular flexibility index (Phi) is 4.02. The normalized spacial score (nSPS) is 22.4. The molecular formula is C14H17F3N2O2. The van der Waals surface area contributed by atoms with Gasteiger partial charge in [-0.2, -0.15) is 0 Å². The van der Waals surface area contributed by atoms with Crippen molar-refractivity contribution in [3.63, 3.8) is 0 Å². The minimum absolute atomic E-state index is 0.210. The van der Waals surface area contributed by atoms with Crippen molar-refractivity contribution >= 4 is 11.6 Å². The standard InChI is InChI=1S/C14H17F3N2O2/c1-8-6-19(7-9(8)2)13(20)10-3-4-12(11(18)5-10)21-14(15,16)17/h3-5,8-9H,6-7,18H2,1-2H3. The van der Waals surface area contributed by atoms with Gasteiger partial charge < -0.3 is 15.4 Å². The molecule has 0 aromatic heterocycles. The molecule has 2 N–H and O–H groups in total. The van der Waals surface area contributed by atoms with Crippen LogP contribution in [-0.2, 0) is 0 Å². The summed E-state index contributed by atoms with van der Waals surface area (Å²) in [4.78, 5) is 14.0. The van der Waals surface area contributed by atoms with E-state index in [1.165, 1.54) is 12.1 Å². The van der Waals surface area contributed by atoms with Gasteiger partial charge >= 0.3 is 6.36 Å². The number of nitrogens with zero attached hydrogens (tertiary/aromatic N) is 1. The summed E-state index contributed by atoms with van der Waals surface area (Å²) in [5.41, 5.74) is 5.58. The molecule has 116 valence electrons. The summed E-state index contributed by atoms with van der Waals surface area (Å²) in [5, 5.41) is 0. The minimum Gasteiger partial charge on any atom is -0.404 e. The molecule has 0 saturated carbocycles. The highest BCUT2D eigenvalue weighted by Gasteiger charge is 2.33. The van der Waals surface area contributed by atoms with Gasteiger partial charge in [-0.25, -0.2) is 0 Å². The molecule has 1 fully saturated rings. The monoisotopic (exact) mass is 302 g/mol. The lowest BCUT2D eigenvalue weighted by Gasteiger charge is -2.17. The van der Waals surface area contributed by atoms with Crippen molar-refractivity contribution in [2.24, 2.45) is 11.8 Å². The molecular weight excluding hydrogens is 285 g/mol. The number of hydrogen-bond acceptors (Lipinski definition) is 3. The highest BCUT2D eigenvalue weighted by Crippen LogP contribution is 2.30. The summed E-state index contributed by atoms with van der Waals surface area (Å²) in [5.74, 6) is 0.0805. The fraction of sp³-hybridized carbons (Fsp3) is 0.500. The van der Waals surface area contributed by atoms with E-state index in [-0.39, 0.29) is 17.2 Å². The predicted octanol–water partition coefficient (Wildman–Crippen LogP) is 2.90. The molecule has 4 nitrogen and oxygen atoms in total. The molecule has 1 aliphatic heterocycles. The molecule has 0 radical (unpaired) electrons. The Bertz CT molecular complexity index is 536. The minimum atomic E-state index is -4.81. The first-order valence-electron chi connectivity index (χ1n) is 6.62. The third kappa shape index (κ3) is 3.59. The van der Waals surface area contributed by atoms with E-state index >= 15 is 0 Å². The Hall–Kier alpha value is -1.92. The van der Waals surface area contributed by atoms with E-state index < -0.39 is 12.1 Å². The van der Waals surface area contributed by atoms with Crippen molar-refractivity contribution in [1.29, 1.82) is 0 Å². The molecule has 1 aromatic carbocycles. The molecule has 1 amide bonds. The van der Waals surface area contributed by atoms with E-state index in [9.17, 15) is 18.0 Å². The van der Waals surface area contributed by atoms with E-state index in [1.807, 2.05) is 0 Å². The van der Waals surface area contributed by atoms with Gasteiger partial charge in [0.15, 0.2) is 5.75 Å². The lowest BCUT2D eigenvalue weighted by molar-refractivity contribution is -0.274. The molecule has 0 spiro atoms. The van der Waals surface area contributed by atoms with Gasteiger partial charge in [-0.3, -0.25) is 4.79 Å². The third-order valence-corrected chi connectivity index (χ3v) is 3.76. The molecule has 0 aliphatic carbocycles. The van der Waals surface area contributed by atoms with Crippen LogP contribution in [-0.4, -0.2) is 30.3 Å². The molecule has 1 aliphatic rings. The topological polar surface area (TPSA) is 55.6 Å². The number of halogens is 3. The summed E-state index contributed by atoms with van der Waals surface area (Å²) >= 11 is 0. The zero-order valence-corrected chi connectivity index (χ0v) is 11.8. The SMILES string of the molecule is CC1CN(C(=O)c2ccc(OC(F)(F)F)c(N)c2)CC1C. The zero-order valence-electron chi connectivity index (χ0n) is 11.8. The van der Waals surface area contributed by atoms with Gasteiger partial charge in [0, 0.05) is 18.7 Å². The van der Waals surface area contributed by atoms with E-state index in [1.54, 1.807) is 4.90 Å². The number of likely N-dealkylation sites (tertiary alicyclic amines) is 1. The van der Waals surface area contributed by atoms with E-state index in [2.05, 4.69) is 18.6 Å². The summed E-state index contributed by atoms with van der Waals surface area (Å²) in [6.45, 7) is 5.40. The average Bonchev–Trinajstić information content (AvgIpc) is 2.70. The number of alkyl halides is 3. The first kappa shape index (κ1) is 15.5. The number of rotatable bonds is 2. The Morgan fingerprint density at radius 2 is 1.86 bits per heavy atom. The van der Waals surface area contributed by atoms with Gasteiger partial charge in [0.1, 0.15) is 0 Å². The number of nitrogen functional groups attached to an aromatic ring is 1. The molecule has 1 aromatic rings. The Labute approximate surface area is 120 Å². The van der Waals surface area contributed by atoms with E-state index in [4.69, 9.17) is 5.73 Å². The number of anilines is 1. The van der Waals surface area contributed by atoms with Crippen LogP contribution in [0.1, 0.15) is 24.2 Å². The van der Waals surface area contributed by atoms with Gasteiger partial charge in [0.2, 0.25) is 0 Å². The second-order valence-electron chi connectivity index (χ2n) is 5.47. The highest BCUT2D eigenvalue weighted by atomic mass is 19.4. The molecule has 1 saturated heterocycles. The maximum absolute atomic E-state index is 12.3. The molecule has 2 atom stereocenters. The lowest BCUT2D eigenvalue weighted by atomic mass is 10.0. The fourth-order valence-corrected chi connectivity index (χ4v) is 2.38. The third-order valence-electron chi connectivity index (χ3n) is 3.76. The number of amides is 1. The molecule has 2 unspecified atom stereocenters. The zero-order chi connectivity index (χ0) is 15.8. The van der Waals surface area contributed by atoms with Crippen molar-refractivity contribution in [3.05, 3.63) is 23.8 Å². The number of benzene rings is 1. The Balaban J connectivity index is 2.15. The maximum Gasteiger partial charge on any atom is 0.573 e. The van der Waals surface area contributed by atoms with Gasteiger partial charge in [0.25, 0.3) is 5.91 Å². The Morgan fingerprint density at radius 1 is 1.29 bits per heavy atom. The van der Waals surface area contributed by atoms with Crippen LogP contribution in [0, 0.1) is 11.8 Å². The summed E-state index contributed by atoms with van der Waals surface area (Å²) in [7, 11) is 0. The average molecular weight is 302 g/mol. The number of hydrogen-bond donors (Lipinski definition) is 1. The first-order chi connectivity index (χ1) is 9.67. The van der Waals surface area contributed by atoms with Crippen molar-refractivity contribution in [3.8, 4) is 5.75 Å². The second kappa shape index (κ2) is 5.46. The van der Waals surface area contributed by atoms with Crippen molar-refractivity contribution in [2.45, 2.75) is 20.2 Å². The molecule has 7 heteroatoms. The predicted molar refractivity (Wildman–Crippen MR) is 71.8 cm³/mol. The van der Waals surface area contributed by atoms with Crippen LogP contribution in [0.5, 0.6) is 5.75 Å². The molecule has 2 rings (SSSR count). The second-order valence-corrected chi connectivity index (χ2v) is 5.47. The Morgan fingerprint density at radius 3 is 2.33 bits per heavy atom. The number of carbonyl (C=O) groups excluding carboxylic acids is 1. The van der Waals surface area contributed by atoms with Crippen LogP contribution in [0.15, 0.2) is 18.2 Å². The number of ether oxygens (including phenoxy) is 1. The summed E-state index contributed by atoms with van der Waals surface area (Å²) in [6, 6.07) is 3.59. The van der Waals surface area contributed by atoms with Crippen molar-refractivity contribution in [1.82, 2.24) is 4.90 Å². The number of nitrogens with two attached hydrogens (primary N) is 1. The number of carbonyl (C=O) groups is 1. The van der Waals surface area contributed by atoms with E-state index in [0.29, 0.717) is 24.9 Å². The van der Waals surface area contributed by atoms with Crippen LogP contribution in [0.25, 0.3) is 0 Å². The first-order valence-corrected chi connectivity index (χ1v) is 6.62. The molecule has 0 bridgehead atoms. The summed E-state index contributed by atoms with van der Waals surface area (Å²) < 4.78 is 40.3.